The molecule has 0 atom stereocenters. The van der Waals surface area contributed by atoms with Gasteiger partial charge in [-0.1, -0.05) is 30.3 Å². The summed E-state index contributed by atoms with van der Waals surface area (Å²) < 4.78 is 16.1. The molecule has 154 valence electrons. The number of hydrogen-bond donors (Lipinski definition) is 1. The van der Waals surface area contributed by atoms with E-state index in [0.717, 1.165) is 17.7 Å². The zero-order valence-corrected chi connectivity index (χ0v) is 17.5. The highest BCUT2D eigenvalue weighted by Gasteiger charge is 2.18. The van der Waals surface area contributed by atoms with Gasteiger partial charge < -0.3 is 19.5 Å². The van der Waals surface area contributed by atoms with Crippen molar-refractivity contribution in [3.05, 3.63) is 71.3 Å². The summed E-state index contributed by atoms with van der Waals surface area (Å²) in [5, 5.41) is 3.02. The molecule has 0 radical (unpaired) electrons. The third-order valence-electron chi connectivity index (χ3n) is 5.44. The maximum Gasteiger partial charge on any atom is 0.224 e. The van der Waals surface area contributed by atoms with E-state index in [0.29, 0.717) is 30.1 Å². The fourth-order valence-corrected chi connectivity index (χ4v) is 3.98. The predicted molar refractivity (Wildman–Crippen MR) is 118 cm³/mol. The van der Waals surface area contributed by atoms with Crippen molar-refractivity contribution >= 4 is 11.6 Å². The van der Waals surface area contributed by atoms with E-state index in [-0.39, 0.29) is 5.91 Å². The van der Waals surface area contributed by atoms with E-state index in [1.807, 2.05) is 18.2 Å². The fourth-order valence-electron chi connectivity index (χ4n) is 3.98. The number of carbonyl (C=O) groups excluding carboxylic acids is 1. The Bertz CT molecular complexity index is 1070. The molecule has 0 fully saturated rings. The summed E-state index contributed by atoms with van der Waals surface area (Å²) in [5.74, 6) is 1.70. The molecule has 0 unspecified atom stereocenters. The predicted octanol–water partition coefficient (Wildman–Crippen LogP) is 4.85. The minimum Gasteiger partial charge on any atom is -0.493 e. The molecule has 30 heavy (non-hydrogen) atoms. The van der Waals surface area contributed by atoms with Gasteiger partial charge in [0.25, 0.3) is 0 Å². The quantitative estimate of drug-likeness (QED) is 0.479. The number of methoxy groups -OCH3 is 3. The minimum absolute atomic E-state index is 0.0285. The van der Waals surface area contributed by atoms with Crippen LogP contribution in [0.1, 0.15) is 23.1 Å². The molecular weight excluding hydrogens is 378 g/mol. The molecule has 4 rings (SSSR count). The molecule has 0 saturated carbocycles. The van der Waals surface area contributed by atoms with E-state index in [1.165, 1.54) is 22.3 Å². The van der Waals surface area contributed by atoms with Crippen LogP contribution in [0.2, 0.25) is 0 Å². The van der Waals surface area contributed by atoms with E-state index >= 15 is 0 Å². The molecule has 0 aromatic heterocycles. The second-order valence-electron chi connectivity index (χ2n) is 7.29. The smallest absolute Gasteiger partial charge is 0.224 e. The van der Waals surface area contributed by atoms with Gasteiger partial charge in [-0.2, -0.15) is 0 Å². The van der Waals surface area contributed by atoms with Crippen molar-refractivity contribution in [3.63, 3.8) is 0 Å². The van der Waals surface area contributed by atoms with Crippen LogP contribution < -0.4 is 19.5 Å². The first-order valence-electron chi connectivity index (χ1n) is 9.93. The monoisotopic (exact) mass is 403 g/mol. The lowest BCUT2D eigenvalue weighted by Gasteiger charge is -2.14. The number of anilines is 1. The van der Waals surface area contributed by atoms with Crippen molar-refractivity contribution in [2.45, 2.75) is 19.3 Å². The maximum atomic E-state index is 12.5. The van der Waals surface area contributed by atoms with E-state index in [2.05, 4.69) is 41.7 Å². The molecule has 0 saturated heterocycles. The van der Waals surface area contributed by atoms with E-state index in [4.69, 9.17) is 14.2 Å². The number of nitrogens with one attached hydrogen (secondary N) is 1. The summed E-state index contributed by atoms with van der Waals surface area (Å²) in [6, 6.07) is 18.3. The Labute approximate surface area is 176 Å². The number of hydrogen-bond acceptors (Lipinski definition) is 4. The third-order valence-corrected chi connectivity index (χ3v) is 5.44. The number of rotatable bonds is 7. The Hall–Kier alpha value is -3.47. The molecule has 3 aromatic rings. The van der Waals surface area contributed by atoms with Gasteiger partial charge >= 0.3 is 0 Å². The SMILES string of the molecule is COc1cc(CCC(=O)Nc2ccc3c(c2)Cc2ccccc2-3)cc(OC)c1OC. The Kier molecular flexibility index (Phi) is 5.61. The van der Waals surface area contributed by atoms with Gasteiger partial charge in [0.05, 0.1) is 21.3 Å². The highest BCUT2D eigenvalue weighted by atomic mass is 16.5. The molecule has 0 bridgehead atoms. The van der Waals surface area contributed by atoms with Crippen LogP contribution in [-0.4, -0.2) is 27.2 Å². The molecule has 1 N–H and O–H groups in total. The molecule has 0 heterocycles. The Morgan fingerprint density at radius 1 is 0.867 bits per heavy atom. The zero-order valence-electron chi connectivity index (χ0n) is 17.5. The molecule has 1 amide bonds. The summed E-state index contributed by atoms with van der Waals surface area (Å²) in [5.41, 5.74) is 6.89. The standard InChI is InChI=1S/C25H25NO4/c1-28-22-12-16(13-23(29-2)25(22)30-3)8-11-24(27)26-19-9-10-21-18(15-19)14-17-6-4-5-7-20(17)21/h4-7,9-10,12-13,15H,8,11,14H2,1-3H3,(H,26,27). The topological polar surface area (TPSA) is 56.8 Å². The molecule has 1 aliphatic carbocycles. The van der Waals surface area contributed by atoms with Crippen LogP contribution in [-0.2, 0) is 17.6 Å². The van der Waals surface area contributed by atoms with Gasteiger partial charge in [0, 0.05) is 12.1 Å². The molecule has 3 aromatic carbocycles. The molecule has 0 spiro atoms. The summed E-state index contributed by atoms with van der Waals surface area (Å²) in [6.45, 7) is 0. The van der Waals surface area contributed by atoms with Crippen molar-refractivity contribution in [2.75, 3.05) is 26.6 Å². The lowest BCUT2D eigenvalue weighted by molar-refractivity contribution is -0.116. The summed E-state index contributed by atoms with van der Waals surface area (Å²) in [6.07, 6.45) is 1.83. The van der Waals surface area contributed by atoms with E-state index < -0.39 is 0 Å². The van der Waals surface area contributed by atoms with Crippen LogP contribution in [0.25, 0.3) is 11.1 Å². The average molecular weight is 403 g/mol. The van der Waals surface area contributed by atoms with Crippen LogP contribution in [0, 0.1) is 0 Å². The number of carbonyl (C=O) groups is 1. The van der Waals surface area contributed by atoms with Gasteiger partial charge in [0.15, 0.2) is 11.5 Å². The van der Waals surface area contributed by atoms with Crippen molar-refractivity contribution < 1.29 is 19.0 Å². The van der Waals surface area contributed by atoms with Gasteiger partial charge in [-0.05, 0) is 64.9 Å². The Morgan fingerprint density at radius 2 is 1.57 bits per heavy atom. The summed E-state index contributed by atoms with van der Waals surface area (Å²) >= 11 is 0. The fraction of sp³-hybridized carbons (Fsp3) is 0.240. The van der Waals surface area contributed by atoms with Crippen LogP contribution in [0.3, 0.4) is 0 Å². The number of benzene rings is 3. The number of ether oxygens (including phenoxy) is 3. The van der Waals surface area contributed by atoms with Crippen LogP contribution in [0.15, 0.2) is 54.6 Å². The highest BCUT2D eigenvalue weighted by Crippen LogP contribution is 2.39. The molecule has 1 aliphatic rings. The summed E-state index contributed by atoms with van der Waals surface area (Å²) in [4.78, 5) is 12.5. The largest absolute Gasteiger partial charge is 0.493 e. The molecular formula is C25H25NO4. The van der Waals surface area contributed by atoms with E-state index in [9.17, 15) is 4.79 Å². The van der Waals surface area contributed by atoms with Gasteiger partial charge in [-0.3, -0.25) is 4.79 Å². The number of aryl methyl sites for hydroxylation is 1. The molecule has 0 aliphatic heterocycles. The van der Waals surface area contributed by atoms with Crippen molar-refractivity contribution in [2.24, 2.45) is 0 Å². The van der Waals surface area contributed by atoms with Gasteiger partial charge in [0.1, 0.15) is 0 Å². The Morgan fingerprint density at radius 3 is 2.27 bits per heavy atom. The van der Waals surface area contributed by atoms with Crippen LogP contribution in [0.4, 0.5) is 5.69 Å². The summed E-state index contributed by atoms with van der Waals surface area (Å²) in [7, 11) is 4.74. The van der Waals surface area contributed by atoms with Gasteiger partial charge in [-0.25, -0.2) is 0 Å². The van der Waals surface area contributed by atoms with Crippen molar-refractivity contribution in [3.8, 4) is 28.4 Å². The number of fused-ring (bicyclic) bond motifs is 3. The first kappa shape index (κ1) is 19.8. The molecule has 5 heteroatoms. The normalized spacial score (nSPS) is 11.4. The van der Waals surface area contributed by atoms with Crippen molar-refractivity contribution in [1.82, 2.24) is 0 Å². The minimum atomic E-state index is -0.0285. The second-order valence-corrected chi connectivity index (χ2v) is 7.29. The third kappa shape index (κ3) is 3.83. The first-order chi connectivity index (χ1) is 14.6. The van der Waals surface area contributed by atoms with Crippen LogP contribution in [0.5, 0.6) is 17.2 Å². The second kappa shape index (κ2) is 8.49. The first-order valence-corrected chi connectivity index (χ1v) is 9.93. The average Bonchev–Trinajstić information content (AvgIpc) is 3.14. The highest BCUT2D eigenvalue weighted by molar-refractivity contribution is 5.92. The zero-order chi connectivity index (χ0) is 21.1. The lowest BCUT2D eigenvalue weighted by atomic mass is 10.1. The molecule has 5 nitrogen and oxygen atoms in total. The van der Waals surface area contributed by atoms with E-state index in [1.54, 1.807) is 21.3 Å². The number of amides is 1. The lowest BCUT2D eigenvalue weighted by Crippen LogP contribution is -2.12. The maximum absolute atomic E-state index is 12.5. The van der Waals surface area contributed by atoms with Crippen LogP contribution >= 0.6 is 0 Å². The van der Waals surface area contributed by atoms with Gasteiger partial charge in [0.2, 0.25) is 11.7 Å². The Balaban J connectivity index is 1.42. The van der Waals surface area contributed by atoms with Gasteiger partial charge in [-0.15, -0.1) is 0 Å². The van der Waals surface area contributed by atoms with Crippen molar-refractivity contribution in [1.29, 1.82) is 0 Å².